The lowest BCUT2D eigenvalue weighted by atomic mass is 9.75. The van der Waals surface area contributed by atoms with Crippen LogP contribution >= 0.6 is 0 Å². The quantitative estimate of drug-likeness (QED) is 0.724. The van der Waals surface area contributed by atoms with Gasteiger partial charge in [-0.1, -0.05) is 25.8 Å². The summed E-state index contributed by atoms with van der Waals surface area (Å²) in [5, 5.41) is 0. The molecule has 1 fully saturated rings. The van der Waals surface area contributed by atoms with Crippen LogP contribution < -0.4 is 5.73 Å². The minimum atomic E-state index is -0.317. The number of amides is 2. The SMILES string of the molecule is C=CCN1C(=O)N=C(N)C12CCCC(C)C2. The Bertz CT molecular complexity index is 350. The lowest BCUT2D eigenvalue weighted by Gasteiger charge is -2.42. The zero-order chi connectivity index (χ0) is 11.8. The van der Waals surface area contributed by atoms with Crippen LogP contribution in [0.4, 0.5) is 4.79 Å². The number of nitrogens with zero attached hydrogens (tertiary/aromatic N) is 2. The van der Waals surface area contributed by atoms with E-state index in [0.717, 1.165) is 19.3 Å². The molecular formula is C12H19N3O. The van der Waals surface area contributed by atoms with E-state index in [0.29, 0.717) is 18.3 Å². The lowest BCUT2D eigenvalue weighted by Crippen LogP contribution is -2.56. The van der Waals surface area contributed by atoms with Crippen LogP contribution in [-0.4, -0.2) is 28.9 Å². The van der Waals surface area contributed by atoms with Gasteiger partial charge in [-0.2, -0.15) is 4.99 Å². The molecule has 2 atom stereocenters. The number of rotatable bonds is 2. The van der Waals surface area contributed by atoms with E-state index in [-0.39, 0.29) is 11.6 Å². The second-order valence-corrected chi connectivity index (χ2v) is 4.91. The Balaban J connectivity index is 2.31. The van der Waals surface area contributed by atoms with Crippen molar-refractivity contribution in [3.8, 4) is 0 Å². The lowest BCUT2D eigenvalue weighted by molar-refractivity contribution is 0.134. The highest BCUT2D eigenvalue weighted by atomic mass is 16.2. The predicted molar refractivity (Wildman–Crippen MR) is 64.3 cm³/mol. The number of aliphatic imine (C=N–C) groups is 1. The summed E-state index contributed by atoms with van der Waals surface area (Å²) in [5.74, 6) is 1.10. The van der Waals surface area contributed by atoms with Crippen molar-refractivity contribution in [3.05, 3.63) is 12.7 Å². The van der Waals surface area contributed by atoms with Gasteiger partial charge in [-0.25, -0.2) is 4.79 Å². The number of amidine groups is 1. The summed E-state index contributed by atoms with van der Waals surface area (Å²) >= 11 is 0. The highest BCUT2D eigenvalue weighted by Crippen LogP contribution is 2.40. The molecule has 1 spiro atoms. The van der Waals surface area contributed by atoms with Crippen LogP contribution in [0.15, 0.2) is 17.6 Å². The van der Waals surface area contributed by atoms with Crippen LogP contribution in [0.3, 0.4) is 0 Å². The summed E-state index contributed by atoms with van der Waals surface area (Å²) in [6, 6.07) is -0.202. The molecule has 2 amide bonds. The van der Waals surface area contributed by atoms with E-state index < -0.39 is 0 Å². The summed E-state index contributed by atoms with van der Waals surface area (Å²) in [7, 11) is 0. The van der Waals surface area contributed by atoms with Crippen LogP contribution in [-0.2, 0) is 0 Å². The first kappa shape index (κ1) is 11.2. The molecule has 1 heterocycles. The topological polar surface area (TPSA) is 58.7 Å². The van der Waals surface area contributed by atoms with E-state index >= 15 is 0 Å². The molecule has 1 aliphatic carbocycles. The van der Waals surface area contributed by atoms with Gasteiger partial charge in [-0.05, 0) is 18.8 Å². The second-order valence-electron chi connectivity index (χ2n) is 4.91. The molecule has 4 heteroatoms. The molecular weight excluding hydrogens is 202 g/mol. The second kappa shape index (κ2) is 3.92. The largest absolute Gasteiger partial charge is 0.385 e. The van der Waals surface area contributed by atoms with E-state index in [1.165, 1.54) is 6.42 Å². The van der Waals surface area contributed by atoms with E-state index in [9.17, 15) is 4.79 Å². The van der Waals surface area contributed by atoms with Gasteiger partial charge in [0.05, 0.1) is 0 Å². The molecule has 2 N–H and O–H groups in total. The number of hydrogen-bond donors (Lipinski definition) is 1. The minimum absolute atomic E-state index is 0.202. The van der Waals surface area contributed by atoms with Crippen molar-refractivity contribution in [3.63, 3.8) is 0 Å². The van der Waals surface area contributed by atoms with Gasteiger partial charge in [-0.3, -0.25) is 0 Å². The van der Waals surface area contributed by atoms with Gasteiger partial charge >= 0.3 is 6.03 Å². The third kappa shape index (κ3) is 1.52. The average molecular weight is 221 g/mol. The molecule has 0 bridgehead atoms. The Kier molecular flexibility index (Phi) is 2.74. The molecule has 88 valence electrons. The van der Waals surface area contributed by atoms with Gasteiger partial charge in [0.1, 0.15) is 11.4 Å². The van der Waals surface area contributed by atoms with Crippen LogP contribution in [0.5, 0.6) is 0 Å². The Morgan fingerprint density at radius 3 is 3.12 bits per heavy atom. The highest BCUT2D eigenvalue weighted by Gasteiger charge is 2.49. The smallest absolute Gasteiger partial charge is 0.346 e. The third-order valence-corrected chi connectivity index (χ3v) is 3.73. The van der Waals surface area contributed by atoms with Crippen molar-refractivity contribution in [1.82, 2.24) is 4.90 Å². The first-order chi connectivity index (χ1) is 7.60. The molecule has 2 unspecified atom stereocenters. The molecule has 2 aliphatic rings. The average Bonchev–Trinajstić information content (AvgIpc) is 2.44. The van der Waals surface area contributed by atoms with E-state index in [1.54, 1.807) is 11.0 Å². The van der Waals surface area contributed by atoms with Crippen molar-refractivity contribution in [2.75, 3.05) is 6.54 Å². The van der Waals surface area contributed by atoms with E-state index in [4.69, 9.17) is 5.73 Å². The number of carbonyl (C=O) groups is 1. The van der Waals surface area contributed by atoms with Gasteiger partial charge < -0.3 is 10.6 Å². The Hall–Kier alpha value is -1.32. The minimum Gasteiger partial charge on any atom is -0.385 e. The van der Waals surface area contributed by atoms with Crippen molar-refractivity contribution < 1.29 is 4.79 Å². The van der Waals surface area contributed by atoms with Crippen LogP contribution in [0, 0.1) is 5.92 Å². The molecule has 2 rings (SSSR count). The molecule has 0 saturated heterocycles. The Labute approximate surface area is 96.2 Å². The van der Waals surface area contributed by atoms with Crippen LogP contribution in [0.2, 0.25) is 0 Å². The number of hydrogen-bond acceptors (Lipinski definition) is 2. The van der Waals surface area contributed by atoms with Crippen molar-refractivity contribution in [2.45, 2.75) is 38.1 Å². The summed E-state index contributed by atoms with van der Waals surface area (Å²) in [6.45, 7) is 6.44. The molecule has 1 aliphatic heterocycles. The van der Waals surface area contributed by atoms with Crippen LogP contribution in [0.25, 0.3) is 0 Å². The Morgan fingerprint density at radius 2 is 2.50 bits per heavy atom. The number of urea groups is 1. The number of carbonyl (C=O) groups excluding carboxylic acids is 1. The zero-order valence-corrected chi connectivity index (χ0v) is 9.78. The summed E-state index contributed by atoms with van der Waals surface area (Å²) in [4.78, 5) is 17.5. The highest BCUT2D eigenvalue weighted by molar-refractivity contribution is 6.05. The summed E-state index contributed by atoms with van der Waals surface area (Å²) in [5.41, 5.74) is 5.65. The standard InChI is InChI=1S/C12H19N3O/c1-3-7-15-11(16)14-10(13)12(15)6-4-5-9(2)8-12/h3,9H,1,4-8H2,2H3,(H2,13,14,16). The summed E-state index contributed by atoms with van der Waals surface area (Å²) < 4.78 is 0. The van der Waals surface area contributed by atoms with Crippen molar-refractivity contribution in [1.29, 1.82) is 0 Å². The molecule has 1 saturated carbocycles. The number of nitrogens with two attached hydrogens (primary N) is 1. The van der Waals surface area contributed by atoms with E-state index in [1.807, 2.05) is 0 Å². The maximum atomic E-state index is 11.8. The fourth-order valence-electron chi connectivity index (χ4n) is 2.97. The maximum Gasteiger partial charge on any atom is 0.346 e. The normalized spacial score (nSPS) is 34.3. The molecule has 0 aromatic rings. The molecule has 0 aromatic carbocycles. The van der Waals surface area contributed by atoms with Gasteiger partial charge in [0.15, 0.2) is 0 Å². The first-order valence-corrected chi connectivity index (χ1v) is 5.87. The first-order valence-electron chi connectivity index (χ1n) is 5.87. The predicted octanol–water partition coefficient (Wildman–Crippen LogP) is 1.91. The fourth-order valence-corrected chi connectivity index (χ4v) is 2.97. The third-order valence-electron chi connectivity index (χ3n) is 3.73. The van der Waals surface area contributed by atoms with E-state index in [2.05, 4.69) is 18.5 Å². The monoisotopic (exact) mass is 221 g/mol. The fraction of sp³-hybridized carbons (Fsp3) is 0.667. The zero-order valence-electron chi connectivity index (χ0n) is 9.78. The Morgan fingerprint density at radius 1 is 1.75 bits per heavy atom. The van der Waals surface area contributed by atoms with Crippen molar-refractivity contribution in [2.24, 2.45) is 16.6 Å². The summed E-state index contributed by atoms with van der Waals surface area (Å²) in [6.07, 6.45) is 5.94. The van der Waals surface area contributed by atoms with Gasteiger partial charge in [0.25, 0.3) is 0 Å². The van der Waals surface area contributed by atoms with Crippen LogP contribution in [0.1, 0.15) is 32.6 Å². The van der Waals surface area contributed by atoms with Gasteiger partial charge in [0.2, 0.25) is 0 Å². The molecule has 16 heavy (non-hydrogen) atoms. The van der Waals surface area contributed by atoms with Crippen molar-refractivity contribution >= 4 is 11.9 Å². The molecule has 0 aromatic heterocycles. The molecule has 4 nitrogen and oxygen atoms in total. The van der Waals surface area contributed by atoms with Gasteiger partial charge in [0, 0.05) is 6.54 Å². The maximum absolute atomic E-state index is 11.8. The van der Waals surface area contributed by atoms with Gasteiger partial charge in [-0.15, -0.1) is 6.58 Å². The molecule has 0 radical (unpaired) electrons.